The molecule has 3 rings (SSSR count). The van der Waals surface area contributed by atoms with Gasteiger partial charge in [0.05, 0.1) is 0 Å². The molecule has 0 radical (unpaired) electrons. The van der Waals surface area contributed by atoms with Crippen LogP contribution in [-0.2, 0) is 13.0 Å². The van der Waals surface area contributed by atoms with Crippen molar-refractivity contribution in [2.45, 2.75) is 13.0 Å². The van der Waals surface area contributed by atoms with E-state index in [0.717, 1.165) is 39.1 Å². The highest BCUT2D eigenvalue weighted by molar-refractivity contribution is 5.86. The van der Waals surface area contributed by atoms with Gasteiger partial charge >= 0.3 is 0 Å². The second-order valence-corrected chi connectivity index (χ2v) is 6.42. The number of hydrogen-bond acceptors (Lipinski definition) is 4. The molecule has 0 unspecified atom stereocenters. The molecule has 5 N–H and O–H groups in total. The summed E-state index contributed by atoms with van der Waals surface area (Å²) in [6.45, 7) is 6.05. The van der Waals surface area contributed by atoms with Crippen molar-refractivity contribution in [3.63, 3.8) is 0 Å². The lowest BCUT2D eigenvalue weighted by Crippen LogP contribution is -2.38. The molecule has 0 saturated heterocycles. The van der Waals surface area contributed by atoms with Crippen LogP contribution in [-0.4, -0.2) is 44.2 Å². The third-order valence-electron chi connectivity index (χ3n) is 4.68. The summed E-state index contributed by atoms with van der Waals surface area (Å²) < 4.78 is 0. The second-order valence-electron chi connectivity index (χ2n) is 6.42. The summed E-state index contributed by atoms with van der Waals surface area (Å²) in [5.41, 5.74) is 18.3. The molecule has 0 aliphatic heterocycles. The Morgan fingerprint density at radius 2 is 1.48 bits per heavy atom. The maximum atomic E-state index is 5.64. The largest absolute Gasteiger partial charge is 0.329 e. The summed E-state index contributed by atoms with van der Waals surface area (Å²) in [5, 5.41) is 3.54. The smallest absolute Gasteiger partial charge is 0.0206 e. The van der Waals surface area contributed by atoms with Gasteiger partial charge in [0.25, 0.3) is 0 Å². The second kappa shape index (κ2) is 13.3. The molecule has 27 heavy (non-hydrogen) atoms. The number of benzene rings is 2. The van der Waals surface area contributed by atoms with Gasteiger partial charge in [-0.1, -0.05) is 42.5 Å². The minimum Gasteiger partial charge on any atom is -0.329 e. The van der Waals surface area contributed by atoms with Crippen LogP contribution in [0.2, 0.25) is 0 Å². The molecule has 7 heteroatoms. The fourth-order valence-electron chi connectivity index (χ4n) is 3.48. The van der Waals surface area contributed by atoms with E-state index in [1.165, 1.54) is 27.8 Å². The molecule has 0 heterocycles. The number of fused-ring (bicyclic) bond motifs is 3. The van der Waals surface area contributed by atoms with E-state index >= 15 is 0 Å². The number of nitrogens with two attached hydrogens (primary N) is 2. The number of halogens is 3. The molecule has 2 aromatic carbocycles. The van der Waals surface area contributed by atoms with Gasteiger partial charge in [-0.2, -0.15) is 0 Å². The molecular weight excluding hydrogens is 403 g/mol. The Labute approximate surface area is 181 Å². The molecule has 0 amide bonds. The molecular formula is C20H31Cl3N4. The first kappa shape index (κ1) is 26.1. The molecule has 0 saturated carbocycles. The SMILES string of the molecule is Cl.Cl.Cl.NCCN(CCN)CCNCc1ccc2c(c1)Cc1ccccc1-2. The van der Waals surface area contributed by atoms with Crippen molar-refractivity contribution in [2.75, 3.05) is 39.3 Å². The first-order valence-corrected chi connectivity index (χ1v) is 8.85. The topological polar surface area (TPSA) is 67.3 Å². The van der Waals surface area contributed by atoms with Crippen molar-refractivity contribution in [1.82, 2.24) is 10.2 Å². The summed E-state index contributed by atoms with van der Waals surface area (Å²) in [6.07, 6.45) is 1.06. The van der Waals surface area contributed by atoms with E-state index in [4.69, 9.17) is 11.5 Å². The van der Waals surface area contributed by atoms with Crippen LogP contribution in [0, 0.1) is 0 Å². The fraction of sp³-hybridized carbons (Fsp3) is 0.400. The minimum atomic E-state index is 0. The molecule has 2 aromatic rings. The van der Waals surface area contributed by atoms with Gasteiger partial charge in [-0.05, 0) is 34.2 Å². The van der Waals surface area contributed by atoms with Gasteiger partial charge in [-0.25, -0.2) is 0 Å². The van der Waals surface area contributed by atoms with Gasteiger partial charge in [-0.3, -0.25) is 4.90 Å². The monoisotopic (exact) mass is 432 g/mol. The van der Waals surface area contributed by atoms with Crippen molar-refractivity contribution in [1.29, 1.82) is 0 Å². The van der Waals surface area contributed by atoms with Gasteiger partial charge in [0.1, 0.15) is 0 Å². The average molecular weight is 434 g/mol. The van der Waals surface area contributed by atoms with Crippen LogP contribution >= 0.6 is 37.2 Å². The molecule has 0 atom stereocenters. The highest BCUT2D eigenvalue weighted by Gasteiger charge is 2.17. The van der Waals surface area contributed by atoms with E-state index in [0.29, 0.717) is 13.1 Å². The quantitative estimate of drug-likeness (QED) is 0.454. The summed E-state index contributed by atoms with van der Waals surface area (Å²) in [5.74, 6) is 0. The lowest BCUT2D eigenvalue weighted by molar-refractivity contribution is 0.287. The highest BCUT2D eigenvalue weighted by atomic mass is 35.5. The van der Waals surface area contributed by atoms with Crippen molar-refractivity contribution >= 4 is 37.2 Å². The van der Waals surface area contributed by atoms with Gasteiger partial charge < -0.3 is 16.8 Å². The van der Waals surface area contributed by atoms with E-state index in [2.05, 4.69) is 52.7 Å². The zero-order valence-electron chi connectivity index (χ0n) is 15.5. The molecule has 0 bridgehead atoms. The van der Waals surface area contributed by atoms with Gasteiger partial charge in [0.15, 0.2) is 0 Å². The summed E-state index contributed by atoms with van der Waals surface area (Å²) in [6, 6.07) is 15.6. The van der Waals surface area contributed by atoms with Crippen LogP contribution in [0.5, 0.6) is 0 Å². The minimum absolute atomic E-state index is 0. The Morgan fingerprint density at radius 3 is 2.19 bits per heavy atom. The third-order valence-corrected chi connectivity index (χ3v) is 4.68. The molecule has 0 fully saturated rings. The van der Waals surface area contributed by atoms with Crippen molar-refractivity contribution in [3.05, 3.63) is 59.2 Å². The van der Waals surface area contributed by atoms with E-state index in [9.17, 15) is 0 Å². The lowest BCUT2D eigenvalue weighted by atomic mass is 10.0. The maximum Gasteiger partial charge on any atom is 0.0206 e. The van der Waals surface area contributed by atoms with Gasteiger partial charge in [0.2, 0.25) is 0 Å². The first-order valence-electron chi connectivity index (χ1n) is 8.85. The zero-order valence-corrected chi connectivity index (χ0v) is 18.0. The zero-order chi connectivity index (χ0) is 16.8. The summed E-state index contributed by atoms with van der Waals surface area (Å²) in [7, 11) is 0. The van der Waals surface area contributed by atoms with Crippen molar-refractivity contribution < 1.29 is 0 Å². The van der Waals surface area contributed by atoms with E-state index in [1.54, 1.807) is 0 Å². The number of hydrogen-bond donors (Lipinski definition) is 3. The van der Waals surface area contributed by atoms with Crippen LogP contribution in [0.1, 0.15) is 16.7 Å². The van der Waals surface area contributed by atoms with E-state index in [-0.39, 0.29) is 37.2 Å². The first-order chi connectivity index (χ1) is 11.8. The van der Waals surface area contributed by atoms with Crippen LogP contribution in [0.15, 0.2) is 42.5 Å². The Balaban J connectivity index is 0.00000225. The number of rotatable bonds is 9. The molecule has 4 nitrogen and oxygen atoms in total. The van der Waals surface area contributed by atoms with E-state index in [1.807, 2.05) is 0 Å². The predicted molar refractivity (Wildman–Crippen MR) is 123 cm³/mol. The van der Waals surface area contributed by atoms with Gasteiger partial charge in [-0.15, -0.1) is 37.2 Å². The average Bonchev–Trinajstić information content (AvgIpc) is 2.96. The number of nitrogens with zero attached hydrogens (tertiary/aromatic N) is 1. The predicted octanol–water partition coefficient (Wildman–Crippen LogP) is 2.83. The van der Waals surface area contributed by atoms with Crippen LogP contribution in [0.3, 0.4) is 0 Å². The van der Waals surface area contributed by atoms with Crippen LogP contribution in [0.4, 0.5) is 0 Å². The van der Waals surface area contributed by atoms with E-state index < -0.39 is 0 Å². The third kappa shape index (κ3) is 6.91. The van der Waals surface area contributed by atoms with Crippen molar-refractivity contribution in [3.8, 4) is 11.1 Å². The molecule has 152 valence electrons. The standard InChI is InChI=1S/C20H28N4.3ClH/c21-7-10-24(11-8-22)12-9-23-15-16-5-6-20-18(13-16)14-17-3-1-2-4-19(17)20;;;/h1-6,13,23H,7-12,14-15,21-22H2;3*1H. The molecule has 0 aromatic heterocycles. The molecule has 0 spiro atoms. The molecule has 1 aliphatic rings. The fourth-order valence-corrected chi connectivity index (χ4v) is 3.48. The van der Waals surface area contributed by atoms with Crippen LogP contribution in [0.25, 0.3) is 11.1 Å². The van der Waals surface area contributed by atoms with Crippen LogP contribution < -0.4 is 16.8 Å². The van der Waals surface area contributed by atoms with Crippen molar-refractivity contribution in [2.24, 2.45) is 11.5 Å². The number of nitrogens with one attached hydrogen (secondary N) is 1. The summed E-state index contributed by atoms with van der Waals surface area (Å²) >= 11 is 0. The normalized spacial score (nSPS) is 11.1. The molecule has 1 aliphatic carbocycles. The highest BCUT2D eigenvalue weighted by Crippen LogP contribution is 2.36. The Morgan fingerprint density at radius 1 is 0.815 bits per heavy atom. The Bertz CT molecular complexity index is 676. The maximum absolute atomic E-state index is 5.64. The Kier molecular flexibility index (Phi) is 12.9. The summed E-state index contributed by atoms with van der Waals surface area (Å²) in [4.78, 5) is 2.31. The van der Waals surface area contributed by atoms with Gasteiger partial charge in [0, 0.05) is 45.8 Å². The Hall–Kier alpha value is -0.850. The lowest BCUT2D eigenvalue weighted by Gasteiger charge is -2.20.